The van der Waals surface area contributed by atoms with Gasteiger partial charge in [-0.05, 0) is 67.8 Å². The zero-order chi connectivity index (χ0) is 23.5. The molecule has 2 heterocycles. The van der Waals surface area contributed by atoms with Crippen molar-refractivity contribution in [1.82, 2.24) is 0 Å². The molecular weight excluding hydrogens is 438 g/mol. The van der Waals surface area contributed by atoms with Crippen LogP contribution in [0.5, 0.6) is 5.75 Å². The van der Waals surface area contributed by atoms with Crippen molar-refractivity contribution in [3.05, 3.63) is 66.0 Å². The highest BCUT2D eigenvalue weighted by Gasteiger charge is 2.34. The van der Waals surface area contributed by atoms with Gasteiger partial charge in [-0.3, -0.25) is 19.3 Å². The minimum absolute atomic E-state index is 0.132. The van der Waals surface area contributed by atoms with Gasteiger partial charge in [0.2, 0.25) is 17.7 Å². The fourth-order valence-electron chi connectivity index (χ4n) is 3.95. The minimum Gasteiger partial charge on any atom is -0.497 e. The predicted octanol–water partition coefficient (Wildman–Crippen LogP) is 4.60. The van der Waals surface area contributed by atoms with Gasteiger partial charge in [0.25, 0.3) is 0 Å². The van der Waals surface area contributed by atoms with E-state index in [0.29, 0.717) is 22.8 Å². The largest absolute Gasteiger partial charge is 0.497 e. The van der Waals surface area contributed by atoms with Crippen LogP contribution in [0.4, 0.5) is 22.1 Å². The molecule has 8 heteroatoms. The molecule has 0 saturated carbocycles. The van der Waals surface area contributed by atoms with E-state index in [1.54, 1.807) is 47.2 Å². The molecule has 1 aromatic heterocycles. The summed E-state index contributed by atoms with van der Waals surface area (Å²) in [6, 6.07) is 18.0. The van der Waals surface area contributed by atoms with Gasteiger partial charge in [-0.1, -0.05) is 12.1 Å². The predicted molar refractivity (Wildman–Crippen MR) is 130 cm³/mol. The van der Waals surface area contributed by atoms with Crippen LogP contribution in [0.1, 0.15) is 20.3 Å². The van der Waals surface area contributed by atoms with Gasteiger partial charge in [-0.2, -0.15) is 0 Å². The van der Waals surface area contributed by atoms with E-state index < -0.39 is 5.91 Å². The lowest BCUT2D eigenvalue weighted by Crippen LogP contribution is -2.46. The third-order valence-corrected chi connectivity index (χ3v) is 6.28. The summed E-state index contributed by atoms with van der Waals surface area (Å²) >= 11 is 1.42. The van der Waals surface area contributed by atoms with Gasteiger partial charge in [0.1, 0.15) is 23.7 Å². The molecule has 3 aromatic rings. The maximum Gasteiger partial charge on any atom is 0.247 e. The van der Waals surface area contributed by atoms with Crippen molar-refractivity contribution in [2.45, 2.75) is 26.3 Å². The highest BCUT2D eigenvalue weighted by atomic mass is 32.1. The van der Waals surface area contributed by atoms with Gasteiger partial charge in [0.15, 0.2) is 0 Å². The van der Waals surface area contributed by atoms with Crippen molar-refractivity contribution >= 4 is 51.1 Å². The lowest BCUT2D eigenvalue weighted by atomic mass is 10.2. The molecule has 170 valence electrons. The van der Waals surface area contributed by atoms with Crippen LogP contribution in [-0.2, 0) is 14.4 Å². The highest BCUT2D eigenvalue weighted by Crippen LogP contribution is 2.39. The van der Waals surface area contributed by atoms with Crippen molar-refractivity contribution < 1.29 is 19.1 Å². The topological polar surface area (TPSA) is 70.2 Å². The number of ether oxygens (including phenoxy) is 1. The summed E-state index contributed by atoms with van der Waals surface area (Å²) in [7, 11) is 1.59. The van der Waals surface area contributed by atoms with E-state index in [4.69, 9.17) is 4.74 Å². The lowest BCUT2D eigenvalue weighted by Gasteiger charge is -2.30. The Labute approximate surface area is 196 Å². The molecule has 1 aliphatic heterocycles. The smallest absolute Gasteiger partial charge is 0.247 e. The van der Waals surface area contributed by atoms with Crippen molar-refractivity contribution in [3.8, 4) is 5.75 Å². The summed E-state index contributed by atoms with van der Waals surface area (Å²) in [6.45, 7) is 3.66. The van der Waals surface area contributed by atoms with Gasteiger partial charge in [0.05, 0.1) is 18.5 Å². The molecule has 1 aliphatic rings. The van der Waals surface area contributed by atoms with E-state index in [2.05, 4.69) is 0 Å². The average Bonchev–Trinajstić information content (AvgIpc) is 3.29. The van der Waals surface area contributed by atoms with Gasteiger partial charge in [-0.15, -0.1) is 11.3 Å². The third-order valence-electron chi connectivity index (χ3n) is 5.42. The van der Waals surface area contributed by atoms with Gasteiger partial charge in [0, 0.05) is 11.7 Å². The number of carbonyl (C=O) groups excluding carboxylic acids is 3. The van der Waals surface area contributed by atoms with Crippen LogP contribution < -0.4 is 19.4 Å². The quantitative estimate of drug-likeness (QED) is 0.501. The van der Waals surface area contributed by atoms with Gasteiger partial charge in [-0.25, -0.2) is 0 Å². The fraction of sp³-hybridized carbons (Fsp3) is 0.240. The van der Waals surface area contributed by atoms with Crippen LogP contribution in [0.3, 0.4) is 0 Å². The molecule has 0 aliphatic carbocycles. The Hall–Kier alpha value is -3.65. The second-order valence-corrected chi connectivity index (χ2v) is 8.81. The molecule has 4 rings (SSSR count). The molecule has 3 amide bonds. The first-order valence-corrected chi connectivity index (χ1v) is 11.5. The van der Waals surface area contributed by atoms with Crippen molar-refractivity contribution in [2.24, 2.45) is 0 Å². The van der Waals surface area contributed by atoms with Crippen LogP contribution in [0.2, 0.25) is 0 Å². The zero-order valence-corrected chi connectivity index (χ0v) is 19.5. The molecule has 0 N–H and O–H groups in total. The fourth-order valence-corrected chi connectivity index (χ4v) is 4.71. The van der Waals surface area contributed by atoms with Crippen molar-refractivity contribution in [2.75, 3.05) is 28.4 Å². The van der Waals surface area contributed by atoms with Gasteiger partial charge >= 0.3 is 0 Å². The first-order valence-electron chi connectivity index (χ1n) is 10.6. The summed E-state index contributed by atoms with van der Waals surface area (Å²) in [5.74, 6) is -0.270. The van der Waals surface area contributed by atoms with Crippen LogP contribution in [0, 0.1) is 0 Å². The molecule has 2 aromatic carbocycles. The second kappa shape index (κ2) is 9.46. The first kappa shape index (κ1) is 22.5. The van der Waals surface area contributed by atoms with E-state index in [9.17, 15) is 14.4 Å². The molecule has 0 spiro atoms. The zero-order valence-electron chi connectivity index (χ0n) is 18.7. The molecule has 7 nitrogen and oxygen atoms in total. The van der Waals surface area contributed by atoms with Crippen molar-refractivity contribution in [1.29, 1.82) is 0 Å². The molecule has 33 heavy (non-hydrogen) atoms. The number of amides is 3. The van der Waals surface area contributed by atoms with E-state index >= 15 is 0 Å². The molecule has 0 unspecified atom stereocenters. The molecule has 0 radical (unpaired) electrons. The normalized spacial score (nSPS) is 13.7. The number of fused-ring (bicyclic) bond motifs is 1. The summed E-state index contributed by atoms with van der Waals surface area (Å²) in [4.78, 5) is 44.3. The summed E-state index contributed by atoms with van der Waals surface area (Å²) in [6.07, 6.45) is -0.315. The Balaban J connectivity index is 1.69. The number of methoxy groups -OCH3 is 1. The summed E-state index contributed by atoms with van der Waals surface area (Å²) in [5, 5.41) is 2.62. The van der Waals surface area contributed by atoms with Crippen LogP contribution in [-0.4, -0.2) is 37.4 Å². The molecule has 0 saturated heterocycles. The Morgan fingerprint density at radius 2 is 1.70 bits per heavy atom. The second-order valence-electron chi connectivity index (χ2n) is 7.88. The van der Waals surface area contributed by atoms with E-state index in [1.165, 1.54) is 16.2 Å². The van der Waals surface area contributed by atoms with E-state index in [-0.39, 0.29) is 30.8 Å². The SMILES string of the molecule is COc1ccc(N(C(=O)CN2C(=O)CC(=O)N(c3cccs3)c3ccccc32)C(C)C)cc1. The molecule has 0 bridgehead atoms. The van der Waals surface area contributed by atoms with Crippen LogP contribution in [0.15, 0.2) is 66.0 Å². The monoisotopic (exact) mass is 463 g/mol. The average molecular weight is 464 g/mol. The molecule has 0 atom stereocenters. The number of carbonyl (C=O) groups is 3. The Morgan fingerprint density at radius 3 is 2.30 bits per heavy atom. The van der Waals surface area contributed by atoms with Gasteiger partial charge < -0.3 is 14.5 Å². The Kier molecular flexibility index (Phi) is 6.46. The van der Waals surface area contributed by atoms with E-state index in [1.807, 2.05) is 49.6 Å². The van der Waals surface area contributed by atoms with Crippen molar-refractivity contribution in [3.63, 3.8) is 0 Å². The van der Waals surface area contributed by atoms with Crippen LogP contribution in [0.25, 0.3) is 0 Å². The summed E-state index contributed by atoms with van der Waals surface area (Å²) < 4.78 is 5.22. The standard InChI is InChI=1S/C25H25N3O4S/c1-17(2)27(18-10-12-19(32-3)13-11-18)24(31)16-26-20-7-4-5-8-21(20)28(23(30)15-22(26)29)25-9-6-14-33-25/h4-14,17H,15-16H2,1-3H3. The number of rotatable bonds is 6. The number of para-hydroxylation sites is 2. The minimum atomic E-state index is -0.404. The number of nitrogens with zero attached hydrogens (tertiary/aromatic N) is 3. The first-order chi connectivity index (χ1) is 15.9. The molecular formula is C25H25N3O4S. The number of hydrogen-bond acceptors (Lipinski definition) is 5. The van der Waals surface area contributed by atoms with Crippen LogP contribution >= 0.6 is 11.3 Å². The Bertz CT molecular complexity index is 1160. The summed E-state index contributed by atoms with van der Waals surface area (Å²) in [5.41, 5.74) is 1.83. The number of hydrogen-bond donors (Lipinski definition) is 0. The third kappa shape index (κ3) is 4.47. The number of benzene rings is 2. The Morgan fingerprint density at radius 1 is 1.00 bits per heavy atom. The maximum atomic E-state index is 13.5. The van der Waals surface area contributed by atoms with E-state index in [0.717, 1.165) is 5.00 Å². The lowest BCUT2D eigenvalue weighted by molar-refractivity contribution is -0.127. The number of anilines is 4. The maximum absolute atomic E-state index is 13.5. The molecule has 0 fully saturated rings. The number of thiophene rings is 1. The highest BCUT2D eigenvalue weighted by molar-refractivity contribution is 7.14.